The average molecular weight is 462 g/mol. The Kier molecular flexibility index (Phi) is 8.28. The summed E-state index contributed by atoms with van der Waals surface area (Å²) in [5.74, 6) is -6.69. The molecule has 0 bridgehead atoms. The van der Waals surface area contributed by atoms with Crippen molar-refractivity contribution in [3.8, 4) is 11.5 Å². The molecule has 0 spiro atoms. The maximum absolute atomic E-state index is 14.0. The molecule has 0 aliphatic heterocycles. The van der Waals surface area contributed by atoms with E-state index in [1.54, 1.807) is 31.2 Å². The van der Waals surface area contributed by atoms with Crippen molar-refractivity contribution in [2.45, 2.75) is 25.9 Å². The normalized spacial score (nSPS) is 12.4. The number of benzene rings is 2. The summed E-state index contributed by atoms with van der Waals surface area (Å²) >= 11 is 0. The van der Waals surface area contributed by atoms with Crippen LogP contribution in [-0.2, 0) is 32.5 Å². The Balaban J connectivity index is 2.06. The van der Waals surface area contributed by atoms with Crippen LogP contribution in [0.15, 0.2) is 30.3 Å². The zero-order chi connectivity index (χ0) is 23.2. The molecule has 0 aliphatic carbocycles. The molecule has 1 atom stereocenters. The molecule has 0 amide bonds. The standard InChI is InChI=1S/C20H21F3O7S/c1-3-28-16(20(24)25)10-12-4-6-14(7-5-12)29-9-8-13-11-15(21)17(22)18(23)19(13)30-31(2,26)27/h4-7,11,16H,3,8-10H2,1-2H3,(H,24,25)/t16-/m0/s1. The van der Waals surface area contributed by atoms with E-state index in [1.165, 1.54) is 0 Å². The minimum atomic E-state index is -4.18. The summed E-state index contributed by atoms with van der Waals surface area (Å²) in [5, 5.41) is 9.12. The predicted octanol–water partition coefficient (Wildman–Crippen LogP) is 3.10. The Morgan fingerprint density at radius 3 is 2.32 bits per heavy atom. The monoisotopic (exact) mass is 462 g/mol. The maximum Gasteiger partial charge on any atom is 0.333 e. The molecular formula is C20H21F3O7S. The number of carbonyl (C=O) groups is 1. The highest BCUT2D eigenvalue weighted by atomic mass is 32.2. The van der Waals surface area contributed by atoms with Crippen LogP contribution in [0, 0.1) is 17.5 Å². The Morgan fingerprint density at radius 2 is 1.77 bits per heavy atom. The Morgan fingerprint density at radius 1 is 1.13 bits per heavy atom. The summed E-state index contributed by atoms with van der Waals surface area (Å²) in [7, 11) is -4.18. The number of carboxylic acids is 1. The second-order valence-electron chi connectivity index (χ2n) is 6.49. The summed E-state index contributed by atoms with van der Waals surface area (Å²) in [6.45, 7) is 1.83. The fourth-order valence-electron chi connectivity index (χ4n) is 2.69. The van der Waals surface area contributed by atoms with E-state index in [4.69, 9.17) is 14.6 Å². The Hall–Kier alpha value is -2.79. The minimum absolute atomic E-state index is 0.124. The third kappa shape index (κ3) is 7.14. The van der Waals surface area contributed by atoms with E-state index in [0.29, 0.717) is 23.6 Å². The summed E-state index contributed by atoms with van der Waals surface area (Å²) in [4.78, 5) is 11.1. The molecule has 0 radical (unpaired) electrons. The van der Waals surface area contributed by atoms with Gasteiger partial charge in [-0.05, 0) is 30.7 Å². The van der Waals surface area contributed by atoms with Crippen molar-refractivity contribution in [3.05, 3.63) is 58.9 Å². The number of halogens is 3. The molecule has 0 aromatic heterocycles. The Bertz CT molecular complexity index is 1020. The maximum atomic E-state index is 14.0. The SMILES string of the molecule is CCO[C@@H](Cc1ccc(OCCc2cc(F)c(F)c(F)c2OS(C)(=O)=O)cc1)C(=O)O. The Labute approximate surface area is 177 Å². The van der Waals surface area contributed by atoms with Gasteiger partial charge in [-0.1, -0.05) is 12.1 Å². The molecule has 0 fully saturated rings. The van der Waals surface area contributed by atoms with E-state index >= 15 is 0 Å². The van der Waals surface area contributed by atoms with E-state index in [9.17, 15) is 26.4 Å². The van der Waals surface area contributed by atoms with Crippen molar-refractivity contribution in [2.75, 3.05) is 19.5 Å². The van der Waals surface area contributed by atoms with Crippen LogP contribution in [0.4, 0.5) is 13.2 Å². The number of carboxylic acid groups (broad SMARTS) is 1. The number of hydrogen-bond donors (Lipinski definition) is 1. The molecule has 0 heterocycles. The van der Waals surface area contributed by atoms with E-state index in [1.807, 2.05) is 0 Å². The molecule has 170 valence electrons. The number of rotatable bonds is 11. The number of aliphatic carboxylic acids is 1. The molecule has 0 aliphatic rings. The van der Waals surface area contributed by atoms with Crippen molar-refractivity contribution >= 4 is 16.1 Å². The first kappa shape index (κ1) is 24.5. The van der Waals surface area contributed by atoms with Crippen LogP contribution in [0.3, 0.4) is 0 Å². The number of hydrogen-bond acceptors (Lipinski definition) is 6. The highest BCUT2D eigenvalue weighted by Gasteiger charge is 2.23. The van der Waals surface area contributed by atoms with Gasteiger partial charge in [0.25, 0.3) is 0 Å². The van der Waals surface area contributed by atoms with Gasteiger partial charge in [0.2, 0.25) is 5.82 Å². The highest BCUT2D eigenvalue weighted by molar-refractivity contribution is 7.86. The largest absolute Gasteiger partial charge is 0.493 e. The van der Waals surface area contributed by atoms with Gasteiger partial charge in [0.05, 0.1) is 12.9 Å². The van der Waals surface area contributed by atoms with Gasteiger partial charge in [0.1, 0.15) is 5.75 Å². The van der Waals surface area contributed by atoms with E-state index < -0.39 is 45.4 Å². The lowest BCUT2D eigenvalue weighted by Crippen LogP contribution is -2.26. The smallest absolute Gasteiger partial charge is 0.333 e. The predicted molar refractivity (Wildman–Crippen MR) is 104 cm³/mol. The topological polar surface area (TPSA) is 99.1 Å². The second kappa shape index (κ2) is 10.5. The molecule has 31 heavy (non-hydrogen) atoms. The van der Waals surface area contributed by atoms with Crippen LogP contribution < -0.4 is 8.92 Å². The van der Waals surface area contributed by atoms with Gasteiger partial charge in [-0.15, -0.1) is 0 Å². The van der Waals surface area contributed by atoms with E-state index in [2.05, 4.69) is 4.18 Å². The molecule has 2 aromatic carbocycles. The summed E-state index contributed by atoms with van der Waals surface area (Å²) in [6.07, 6.45) is -0.348. The second-order valence-corrected chi connectivity index (χ2v) is 8.07. The zero-order valence-corrected chi connectivity index (χ0v) is 17.5. The molecule has 2 rings (SSSR count). The van der Waals surface area contributed by atoms with Crippen LogP contribution in [-0.4, -0.2) is 45.1 Å². The minimum Gasteiger partial charge on any atom is -0.493 e. The van der Waals surface area contributed by atoms with Gasteiger partial charge < -0.3 is 18.8 Å². The van der Waals surface area contributed by atoms with Crippen molar-refractivity contribution in [1.82, 2.24) is 0 Å². The lowest BCUT2D eigenvalue weighted by molar-refractivity contribution is -0.149. The average Bonchev–Trinajstić information content (AvgIpc) is 2.69. The quantitative estimate of drug-likeness (QED) is 0.405. The van der Waals surface area contributed by atoms with Gasteiger partial charge in [-0.25, -0.2) is 13.6 Å². The first-order valence-electron chi connectivity index (χ1n) is 9.13. The molecule has 0 saturated carbocycles. The lowest BCUT2D eigenvalue weighted by Gasteiger charge is -2.14. The van der Waals surface area contributed by atoms with Crippen molar-refractivity contribution < 1.29 is 45.1 Å². The molecule has 1 N–H and O–H groups in total. The van der Waals surface area contributed by atoms with Gasteiger partial charge in [0, 0.05) is 25.0 Å². The lowest BCUT2D eigenvalue weighted by atomic mass is 10.1. The van der Waals surface area contributed by atoms with Crippen LogP contribution >= 0.6 is 0 Å². The van der Waals surface area contributed by atoms with Crippen molar-refractivity contribution in [3.63, 3.8) is 0 Å². The fraction of sp³-hybridized carbons (Fsp3) is 0.350. The third-order valence-corrected chi connectivity index (χ3v) is 4.53. The zero-order valence-electron chi connectivity index (χ0n) is 16.7. The first-order valence-corrected chi connectivity index (χ1v) is 11.0. The molecule has 0 unspecified atom stereocenters. The van der Waals surface area contributed by atoms with Crippen LogP contribution in [0.5, 0.6) is 11.5 Å². The van der Waals surface area contributed by atoms with Gasteiger partial charge in [-0.2, -0.15) is 12.8 Å². The van der Waals surface area contributed by atoms with Crippen LogP contribution in [0.2, 0.25) is 0 Å². The molecule has 7 nitrogen and oxygen atoms in total. The van der Waals surface area contributed by atoms with Gasteiger partial charge >= 0.3 is 16.1 Å². The van der Waals surface area contributed by atoms with Crippen molar-refractivity contribution in [1.29, 1.82) is 0 Å². The van der Waals surface area contributed by atoms with Crippen molar-refractivity contribution in [2.24, 2.45) is 0 Å². The highest BCUT2D eigenvalue weighted by Crippen LogP contribution is 2.29. The summed E-state index contributed by atoms with van der Waals surface area (Å²) < 4.78 is 78.7. The molecule has 11 heteroatoms. The van der Waals surface area contributed by atoms with Crippen LogP contribution in [0.1, 0.15) is 18.1 Å². The van der Waals surface area contributed by atoms with Gasteiger partial charge in [0.15, 0.2) is 23.5 Å². The number of ether oxygens (including phenoxy) is 2. The summed E-state index contributed by atoms with van der Waals surface area (Å²) in [5.41, 5.74) is 0.471. The van der Waals surface area contributed by atoms with Gasteiger partial charge in [-0.3, -0.25) is 0 Å². The van der Waals surface area contributed by atoms with E-state index in [0.717, 1.165) is 0 Å². The first-order chi connectivity index (χ1) is 14.5. The third-order valence-electron chi connectivity index (χ3n) is 4.06. The molecule has 0 saturated heterocycles. The molecular weight excluding hydrogens is 441 g/mol. The van der Waals surface area contributed by atoms with Crippen LogP contribution in [0.25, 0.3) is 0 Å². The molecule has 2 aromatic rings. The fourth-order valence-corrected chi connectivity index (χ4v) is 3.17. The summed E-state index contributed by atoms with van der Waals surface area (Å²) in [6, 6.07) is 7.06. The van der Waals surface area contributed by atoms with E-state index in [-0.39, 0.29) is 31.6 Å².